The SMILES string of the molecule is C=O.Cc1ccc2ccccc2c1C. The summed E-state index contributed by atoms with van der Waals surface area (Å²) in [5.74, 6) is 0. The molecular weight excluding hydrogens is 172 g/mol. The van der Waals surface area contributed by atoms with Crippen LogP contribution < -0.4 is 0 Å². The van der Waals surface area contributed by atoms with Crippen molar-refractivity contribution in [1.29, 1.82) is 0 Å². The zero-order valence-corrected chi connectivity index (χ0v) is 8.58. The van der Waals surface area contributed by atoms with Crippen molar-refractivity contribution in [3.05, 3.63) is 47.5 Å². The number of carbonyl (C=O) groups is 1. The van der Waals surface area contributed by atoms with E-state index in [0.29, 0.717) is 0 Å². The van der Waals surface area contributed by atoms with Gasteiger partial charge in [0.1, 0.15) is 6.79 Å². The molecule has 0 atom stereocenters. The van der Waals surface area contributed by atoms with E-state index < -0.39 is 0 Å². The maximum absolute atomic E-state index is 8.00. The fourth-order valence-electron chi connectivity index (χ4n) is 1.54. The second-order valence-electron chi connectivity index (χ2n) is 3.23. The average molecular weight is 186 g/mol. The number of rotatable bonds is 0. The van der Waals surface area contributed by atoms with E-state index in [1.807, 2.05) is 6.79 Å². The fraction of sp³-hybridized carbons (Fsp3) is 0.154. The molecule has 0 amide bonds. The van der Waals surface area contributed by atoms with E-state index in [1.54, 1.807) is 0 Å². The van der Waals surface area contributed by atoms with E-state index in [2.05, 4.69) is 50.2 Å². The Balaban J connectivity index is 0.000000461. The summed E-state index contributed by atoms with van der Waals surface area (Å²) in [6.45, 7) is 6.33. The summed E-state index contributed by atoms with van der Waals surface area (Å²) >= 11 is 0. The number of benzene rings is 2. The maximum atomic E-state index is 8.00. The van der Waals surface area contributed by atoms with E-state index in [4.69, 9.17) is 4.79 Å². The second-order valence-corrected chi connectivity index (χ2v) is 3.23. The fourth-order valence-corrected chi connectivity index (χ4v) is 1.54. The van der Waals surface area contributed by atoms with Gasteiger partial charge in [0.05, 0.1) is 0 Å². The first-order valence-electron chi connectivity index (χ1n) is 4.53. The van der Waals surface area contributed by atoms with Gasteiger partial charge in [-0.05, 0) is 35.7 Å². The number of hydrogen-bond donors (Lipinski definition) is 0. The number of carbonyl (C=O) groups excluding carboxylic acids is 1. The molecule has 0 aliphatic carbocycles. The van der Waals surface area contributed by atoms with Crippen molar-refractivity contribution in [2.24, 2.45) is 0 Å². The highest BCUT2D eigenvalue weighted by molar-refractivity contribution is 5.86. The van der Waals surface area contributed by atoms with Crippen LogP contribution in [0.15, 0.2) is 36.4 Å². The smallest absolute Gasteiger partial charge is 0.106 e. The summed E-state index contributed by atoms with van der Waals surface area (Å²) in [5.41, 5.74) is 2.77. The number of fused-ring (bicyclic) bond motifs is 1. The van der Waals surface area contributed by atoms with Crippen molar-refractivity contribution in [3.8, 4) is 0 Å². The van der Waals surface area contributed by atoms with Crippen molar-refractivity contribution in [3.63, 3.8) is 0 Å². The number of aryl methyl sites for hydroxylation is 2. The molecular formula is C13H14O. The van der Waals surface area contributed by atoms with Gasteiger partial charge >= 0.3 is 0 Å². The minimum Gasteiger partial charge on any atom is -0.307 e. The van der Waals surface area contributed by atoms with Gasteiger partial charge in [0.15, 0.2) is 0 Å². The van der Waals surface area contributed by atoms with Crippen LogP contribution in [0.5, 0.6) is 0 Å². The molecule has 2 aromatic rings. The predicted octanol–water partition coefficient (Wildman–Crippen LogP) is 3.27. The van der Waals surface area contributed by atoms with E-state index >= 15 is 0 Å². The molecule has 2 rings (SSSR count). The van der Waals surface area contributed by atoms with Gasteiger partial charge in [-0.2, -0.15) is 0 Å². The molecule has 0 heterocycles. The third-order valence-corrected chi connectivity index (χ3v) is 2.47. The summed E-state index contributed by atoms with van der Waals surface area (Å²) in [7, 11) is 0. The van der Waals surface area contributed by atoms with Crippen LogP contribution in [0, 0.1) is 13.8 Å². The Kier molecular flexibility index (Phi) is 3.41. The summed E-state index contributed by atoms with van der Waals surface area (Å²) in [4.78, 5) is 8.00. The van der Waals surface area contributed by atoms with Crippen LogP contribution in [0.2, 0.25) is 0 Å². The molecule has 1 heteroatoms. The van der Waals surface area contributed by atoms with Crippen molar-refractivity contribution >= 4 is 17.6 Å². The lowest BCUT2D eigenvalue weighted by Gasteiger charge is -2.04. The second kappa shape index (κ2) is 4.56. The Labute approximate surface area is 84.4 Å². The van der Waals surface area contributed by atoms with Gasteiger partial charge in [-0.3, -0.25) is 0 Å². The Morgan fingerprint density at radius 1 is 0.929 bits per heavy atom. The molecule has 0 aliphatic rings. The minimum atomic E-state index is 1.33. The highest BCUT2D eigenvalue weighted by atomic mass is 16.1. The van der Waals surface area contributed by atoms with Crippen LogP contribution in [-0.2, 0) is 4.79 Å². The predicted molar refractivity (Wildman–Crippen MR) is 60.5 cm³/mol. The van der Waals surface area contributed by atoms with Crippen molar-refractivity contribution in [2.45, 2.75) is 13.8 Å². The summed E-state index contributed by atoms with van der Waals surface area (Å²) in [5, 5.41) is 2.71. The highest BCUT2D eigenvalue weighted by Crippen LogP contribution is 2.20. The first-order chi connectivity index (χ1) is 6.79. The largest absolute Gasteiger partial charge is 0.307 e. The lowest BCUT2D eigenvalue weighted by molar-refractivity contribution is -0.0979. The summed E-state index contributed by atoms with van der Waals surface area (Å²) in [6.07, 6.45) is 0. The molecule has 14 heavy (non-hydrogen) atoms. The summed E-state index contributed by atoms with van der Waals surface area (Å²) in [6, 6.07) is 12.9. The molecule has 0 unspecified atom stereocenters. The third-order valence-electron chi connectivity index (χ3n) is 2.47. The molecule has 2 aromatic carbocycles. The van der Waals surface area contributed by atoms with Crippen LogP contribution in [0.25, 0.3) is 10.8 Å². The van der Waals surface area contributed by atoms with Crippen LogP contribution in [0.1, 0.15) is 11.1 Å². The van der Waals surface area contributed by atoms with Crippen LogP contribution in [-0.4, -0.2) is 6.79 Å². The molecule has 0 bridgehead atoms. The normalized spacial score (nSPS) is 9.29. The van der Waals surface area contributed by atoms with Gasteiger partial charge in [0.2, 0.25) is 0 Å². The van der Waals surface area contributed by atoms with Crippen molar-refractivity contribution in [2.75, 3.05) is 0 Å². The zero-order chi connectivity index (χ0) is 10.6. The van der Waals surface area contributed by atoms with Gasteiger partial charge in [-0.25, -0.2) is 0 Å². The maximum Gasteiger partial charge on any atom is 0.106 e. The highest BCUT2D eigenvalue weighted by Gasteiger charge is 1.97. The minimum absolute atomic E-state index is 1.33. The Hall–Kier alpha value is -1.63. The van der Waals surface area contributed by atoms with Gasteiger partial charge in [-0.1, -0.05) is 36.4 Å². The Bertz CT molecular complexity index is 432. The molecule has 0 saturated heterocycles. The van der Waals surface area contributed by atoms with Gasteiger partial charge in [0, 0.05) is 0 Å². The molecule has 72 valence electrons. The first kappa shape index (κ1) is 10.5. The molecule has 0 saturated carbocycles. The lowest BCUT2D eigenvalue weighted by Crippen LogP contribution is -1.82. The van der Waals surface area contributed by atoms with Crippen LogP contribution >= 0.6 is 0 Å². The first-order valence-corrected chi connectivity index (χ1v) is 4.53. The van der Waals surface area contributed by atoms with E-state index in [1.165, 1.54) is 21.9 Å². The van der Waals surface area contributed by atoms with Crippen LogP contribution in [0.3, 0.4) is 0 Å². The van der Waals surface area contributed by atoms with Gasteiger partial charge < -0.3 is 4.79 Å². The molecule has 0 N–H and O–H groups in total. The summed E-state index contributed by atoms with van der Waals surface area (Å²) < 4.78 is 0. The number of hydrogen-bond acceptors (Lipinski definition) is 1. The molecule has 1 nitrogen and oxygen atoms in total. The molecule has 0 aliphatic heterocycles. The van der Waals surface area contributed by atoms with Gasteiger partial charge in [0.25, 0.3) is 0 Å². The molecule has 0 aromatic heterocycles. The zero-order valence-electron chi connectivity index (χ0n) is 8.58. The van der Waals surface area contributed by atoms with E-state index in [0.717, 1.165) is 0 Å². The van der Waals surface area contributed by atoms with Crippen LogP contribution in [0.4, 0.5) is 0 Å². The quantitative estimate of drug-likeness (QED) is 0.617. The monoisotopic (exact) mass is 186 g/mol. The molecule has 0 fully saturated rings. The third kappa shape index (κ3) is 1.82. The standard InChI is InChI=1S/C12H12.CH2O/c1-9-7-8-11-5-3-4-6-12(11)10(9)2;1-2/h3-8H,1-2H3;1H2. The Morgan fingerprint density at radius 3 is 2.29 bits per heavy atom. The lowest BCUT2D eigenvalue weighted by atomic mass is 10.0. The van der Waals surface area contributed by atoms with E-state index in [-0.39, 0.29) is 0 Å². The van der Waals surface area contributed by atoms with Crippen molar-refractivity contribution < 1.29 is 4.79 Å². The van der Waals surface area contributed by atoms with E-state index in [9.17, 15) is 0 Å². The van der Waals surface area contributed by atoms with Crippen molar-refractivity contribution in [1.82, 2.24) is 0 Å². The Morgan fingerprint density at radius 2 is 1.57 bits per heavy atom. The molecule has 0 radical (unpaired) electrons. The topological polar surface area (TPSA) is 17.1 Å². The van der Waals surface area contributed by atoms with Gasteiger partial charge in [-0.15, -0.1) is 0 Å². The molecule has 0 spiro atoms. The average Bonchev–Trinajstić information content (AvgIpc) is 2.27.